The van der Waals surface area contributed by atoms with E-state index in [1.165, 1.54) is 0 Å². The number of carbonyl (C=O) groups excluding carboxylic acids is 1. The maximum absolute atomic E-state index is 11.8. The SMILES string of the molecule is CC(C)(CO)NC(=O)Cc1cccc(OCC#N)c1. The number of rotatable bonds is 6. The molecule has 5 heteroatoms. The minimum atomic E-state index is -0.633. The van der Waals surface area contributed by atoms with E-state index in [0.29, 0.717) is 5.75 Å². The van der Waals surface area contributed by atoms with Crippen LogP contribution in [0.4, 0.5) is 0 Å². The maximum atomic E-state index is 11.8. The second kappa shape index (κ2) is 6.76. The van der Waals surface area contributed by atoms with Crippen molar-refractivity contribution < 1.29 is 14.6 Å². The molecule has 0 aromatic heterocycles. The maximum Gasteiger partial charge on any atom is 0.224 e. The first-order valence-corrected chi connectivity index (χ1v) is 5.97. The van der Waals surface area contributed by atoms with Crippen LogP contribution in [0.3, 0.4) is 0 Å². The molecular weight excluding hydrogens is 244 g/mol. The van der Waals surface area contributed by atoms with Crippen LogP contribution in [0.2, 0.25) is 0 Å². The minimum Gasteiger partial charge on any atom is -0.479 e. The fourth-order valence-electron chi connectivity index (χ4n) is 1.51. The number of ether oxygens (including phenoxy) is 1. The Balaban J connectivity index is 2.62. The average molecular weight is 262 g/mol. The summed E-state index contributed by atoms with van der Waals surface area (Å²) >= 11 is 0. The van der Waals surface area contributed by atoms with Crippen LogP contribution >= 0.6 is 0 Å². The molecule has 5 nitrogen and oxygen atoms in total. The average Bonchev–Trinajstić information content (AvgIpc) is 2.36. The zero-order valence-corrected chi connectivity index (χ0v) is 11.1. The number of nitrogens with one attached hydrogen (secondary N) is 1. The molecule has 0 aliphatic carbocycles. The van der Waals surface area contributed by atoms with Gasteiger partial charge in [-0.2, -0.15) is 5.26 Å². The number of amides is 1. The van der Waals surface area contributed by atoms with Gasteiger partial charge in [0.25, 0.3) is 0 Å². The molecule has 0 atom stereocenters. The van der Waals surface area contributed by atoms with Crippen LogP contribution in [-0.4, -0.2) is 29.8 Å². The Hall–Kier alpha value is -2.06. The lowest BCUT2D eigenvalue weighted by Crippen LogP contribution is -2.46. The number of carbonyl (C=O) groups is 1. The van der Waals surface area contributed by atoms with E-state index in [9.17, 15) is 4.79 Å². The number of hydrogen-bond acceptors (Lipinski definition) is 4. The zero-order valence-electron chi connectivity index (χ0n) is 11.1. The molecule has 0 unspecified atom stereocenters. The van der Waals surface area contributed by atoms with Gasteiger partial charge in [0.05, 0.1) is 18.6 Å². The van der Waals surface area contributed by atoms with Gasteiger partial charge in [0, 0.05) is 0 Å². The van der Waals surface area contributed by atoms with Crippen molar-refractivity contribution in [1.29, 1.82) is 5.26 Å². The van der Waals surface area contributed by atoms with E-state index in [1.54, 1.807) is 32.0 Å². The molecule has 2 N–H and O–H groups in total. The van der Waals surface area contributed by atoms with Crippen molar-refractivity contribution in [2.45, 2.75) is 25.8 Å². The van der Waals surface area contributed by atoms with Crippen LogP contribution in [0.15, 0.2) is 24.3 Å². The van der Waals surface area contributed by atoms with E-state index in [1.807, 2.05) is 12.1 Å². The summed E-state index contributed by atoms with van der Waals surface area (Å²) in [4.78, 5) is 11.8. The first-order chi connectivity index (χ1) is 8.96. The zero-order chi connectivity index (χ0) is 14.3. The van der Waals surface area contributed by atoms with Crippen molar-refractivity contribution in [2.24, 2.45) is 0 Å². The second-order valence-electron chi connectivity index (χ2n) is 4.86. The number of nitrogens with zero attached hydrogens (tertiary/aromatic N) is 1. The van der Waals surface area contributed by atoms with Crippen LogP contribution in [0.25, 0.3) is 0 Å². The molecular formula is C14H18N2O3. The smallest absolute Gasteiger partial charge is 0.224 e. The summed E-state index contributed by atoms with van der Waals surface area (Å²) in [6.07, 6.45) is 0.202. The third-order valence-electron chi connectivity index (χ3n) is 2.44. The van der Waals surface area contributed by atoms with Crippen LogP contribution in [0, 0.1) is 11.3 Å². The van der Waals surface area contributed by atoms with Gasteiger partial charge in [-0.1, -0.05) is 12.1 Å². The van der Waals surface area contributed by atoms with Gasteiger partial charge in [0.15, 0.2) is 6.61 Å². The number of aliphatic hydroxyl groups is 1. The van der Waals surface area contributed by atoms with Crippen molar-refractivity contribution >= 4 is 5.91 Å². The standard InChI is InChI=1S/C14H18N2O3/c1-14(2,10-17)16-13(18)9-11-4-3-5-12(8-11)19-7-6-15/h3-5,8,17H,7,9-10H2,1-2H3,(H,16,18). The first kappa shape index (κ1) is 15.0. The van der Waals surface area contributed by atoms with E-state index in [0.717, 1.165) is 5.56 Å². The number of hydrogen-bond donors (Lipinski definition) is 2. The summed E-state index contributed by atoms with van der Waals surface area (Å²) in [5.74, 6) is 0.393. The normalized spacial score (nSPS) is 10.6. The Bertz CT molecular complexity index is 478. The molecule has 1 aromatic rings. The summed E-state index contributed by atoms with van der Waals surface area (Å²) in [5.41, 5.74) is 0.160. The summed E-state index contributed by atoms with van der Waals surface area (Å²) in [5, 5.41) is 20.3. The van der Waals surface area contributed by atoms with Gasteiger partial charge in [-0.3, -0.25) is 4.79 Å². The molecule has 0 heterocycles. The molecule has 1 aromatic carbocycles. The van der Waals surface area contributed by atoms with Gasteiger partial charge in [-0.05, 0) is 31.5 Å². The van der Waals surface area contributed by atoms with Gasteiger partial charge < -0.3 is 15.2 Å². The van der Waals surface area contributed by atoms with Crippen LogP contribution in [-0.2, 0) is 11.2 Å². The predicted molar refractivity (Wildman–Crippen MR) is 70.6 cm³/mol. The lowest BCUT2D eigenvalue weighted by Gasteiger charge is -2.23. The van der Waals surface area contributed by atoms with Gasteiger partial charge >= 0.3 is 0 Å². The van der Waals surface area contributed by atoms with E-state index in [-0.39, 0.29) is 25.5 Å². The molecule has 0 saturated carbocycles. The highest BCUT2D eigenvalue weighted by atomic mass is 16.5. The Labute approximate surface area is 112 Å². The van der Waals surface area contributed by atoms with E-state index < -0.39 is 5.54 Å². The lowest BCUT2D eigenvalue weighted by molar-refractivity contribution is -0.122. The van der Waals surface area contributed by atoms with Gasteiger partial charge in [-0.15, -0.1) is 0 Å². The fourth-order valence-corrected chi connectivity index (χ4v) is 1.51. The van der Waals surface area contributed by atoms with E-state index >= 15 is 0 Å². The van der Waals surface area contributed by atoms with E-state index in [2.05, 4.69) is 5.32 Å². The molecule has 0 aliphatic heterocycles. The number of nitriles is 1. The molecule has 0 saturated heterocycles. The third kappa shape index (κ3) is 5.40. The largest absolute Gasteiger partial charge is 0.479 e. The summed E-state index contributed by atoms with van der Waals surface area (Å²) in [7, 11) is 0. The molecule has 19 heavy (non-hydrogen) atoms. The highest BCUT2D eigenvalue weighted by Crippen LogP contribution is 2.14. The molecule has 0 aliphatic rings. The molecule has 1 amide bonds. The molecule has 0 bridgehead atoms. The van der Waals surface area contributed by atoms with Crippen molar-refractivity contribution in [2.75, 3.05) is 13.2 Å². The third-order valence-corrected chi connectivity index (χ3v) is 2.44. The van der Waals surface area contributed by atoms with Crippen LogP contribution < -0.4 is 10.1 Å². The minimum absolute atomic E-state index is 0.0206. The van der Waals surface area contributed by atoms with Gasteiger partial charge in [0.2, 0.25) is 5.91 Å². The fraction of sp³-hybridized carbons (Fsp3) is 0.429. The molecule has 1 rings (SSSR count). The summed E-state index contributed by atoms with van der Waals surface area (Å²) in [6.45, 7) is 3.35. The topological polar surface area (TPSA) is 82.3 Å². The Morgan fingerprint density at radius 3 is 2.89 bits per heavy atom. The quantitative estimate of drug-likeness (QED) is 0.801. The lowest BCUT2D eigenvalue weighted by atomic mass is 10.1. The predicted octanol–water partition coefficient (Wildman–Crippen LogP) is 1.02. The van der Waals surface area contributed by atoms with Crippen molar-refractivity contribution in [3.8, 4) is 11.8 Å². The van der Waals surface area contributed by atoms with Crippen molar-refractivity contribution in [3.05, 3.63) is 29.8 Å². The van der Waals surface area contributed by atoms with Crippen LogP contribution in [0.5, 0.6) is 5.75 Å². The first-order valence-electron chi connectivity index (χ1n) is 5.97. The second-order valence-corrected chi connectivity index (χ2v) is 4.86. The molecule has 0 spiro atoms. The number of benzene rings is 1. The number of aliphatic hydroxyl groups excluding tert-OH is 1. The molecule has 0 radical (unpaired) electrons. The Morgan fingerprint density at radius 1 is 1.53 bits per heavy atom. The van der Waals surface area contributed by atoms with Crippen molar-refractivity contribution in [3.63, 3.8) is 0 Å². The highest BCUT2D eigenvalue weighted by Gasteiger charge is 2.19. The van der Waals surface area contributed by atoms with Crippen LogP contribution in [0.1, 0.15) is 19.4 Å². The van der Waals surface area contributed by atoms with E-state index in [4.69, 9.17) is 15.1 Å². The summed E-state index contributed by atoms with van der Waals surface area (Å²) < 4.78 is 5.17. The van der Waals surface area contributed by atoms with Gasteiger partial charge in [-0.25, -0.2) is 0 Å². The molecule has 102 valence electrons. The Kier molecular flexibility index (Phi) is 5.34. The monoisotopic (exact) mass is 262 g/mol. The van der Waals surface area contributed by atoms with Crippen molar-refractivity contribution in [1.82, 2.24) is 5.32 Å². The highest BCUT2D eigenvalue weighted by molar-refractivity contribution is 5.79. The van der Waals surface area contributed by atoms with Gasteiger partial charge in [0.1, 0.15) is 11.8 Å². The Morgan fingerprint density at radius 2 is 2.26 bits per heavy atom. The summed E-state index contributed by atoms with van der Waals surface area (Å²) in [6, 6.07) is 8.92. The molecule has 0 fully saturated rings.